The molecule has 10 aromatic carbocycles. The van der Waals surface area contributed by atoms with Crippen LogP contribution in [0.5, 0.6) is 0 Å². The number of hydrogen-bond acceptors (Lipinski definition) is 0. The molecule has 262 valence electrons. The van der Waals surface area contributed by atoms with Crippen LogP contribution < -0.4 is 0 Å². The van der Waals surface area contributed by atoms with Crippen molar-refractivity contribution in [2.75, 3.05) is 0 Å². The fraction of sp³-hybridized carbons (Fsp3) is 0. The standard InChI is InChI=1S/C56H38/c1-3-15-37(4-2)53-36-54-45(26-14-27-48(54)46-20-7-8-21-47(46)53)39-29-31-40(32-30-39)55-49-22-9-11-24-51(49)56(52-25-12-10-23-50(52)55)44-19-13-18-42(35-44)43-33-28-38-16-5-6-17-41(38)34-43/h3-36H,1-2H2. The third-order valence-corrected chi connectivity index (χ3v) is 11.4. The summed E-state index contributed by atoms with van der Waals surface area (Å²) in [7, 11) is 0. The molecule has 0 heteroatoms. The SMILES string of the molecule is C=CC=C(C=C)c1cc2c(-c3ccc(-c4c5ccccc5c(-c5cccc(-c6ccc7ccccc7c6)c5)c5ccccc45)cc3)cccc2c2ccccc12. The van der Waals surface area contributed by atoms with Gasteiger partial charge in [-0.2, -0.15) is 0 Å². The van der Waals surface area contributed by atoms with Crippen LogP contribution in [-0.2, 0) is 0 Å². The van der Waals surface area contributed by atoms with Gasteiger partial charge in [0.1, 0.15) is 0 Å². The van der Waals surface area contributed by atoms with Crippen LogP contribution in [0.3, 0.4) is 0 Å². The molecule has 0 amide bonds. The summed E-state index contributed by atoms with van der Waals surface area (Å²) in [6.07, 6.45) is 5.80. The minimum atomic E-state index is 1.06. The van der Waals surface area contributed by atoms with Gasteiger partial charge in [-0.1, -0.05) is 201 Å². The van der Waals surface area contributed by atoms with Crippen molar-refractivity contribution in [3.05, 3.63) is 225 Å². The van der Waals surface area contributed by atoms with Gasteiger partial charge in [-0.3, -0.25) is 0 Å². The second-order valence-corrected chi connectivity index (χ2v) is 14.5. The Labute approximate surface area is 327 Å². The minimum Gasteiger partial charge on any atom is -0.0990 e. The van der Waals surface area contributed by atoms with Gasteiger partial charge in [0, 0.05) is 0 Å². The maximum Gasteiger partial charge on any atom is -0.00262 e. The molecule has 56 heavy (non-hydrogen) atoms. The molecule has 0 bridgehead atoms. The molecule has 0 saturated carbocycles. The fourth-order valence-corrected chi connectivity index (χ4v) is 8.81. The molecule has 0 saturated heterocycles. The highest BCUT2D eigenvalue weighted by atomic mass is 14.2. The lowest BCUT2D eigenvalue weighted by molar-refractivity contribution is 1.62. The van der Waals surface area contributed by atoms with Gasteiger partial charge in [0.05, 0.1) is 0 Å². The van der Waals surface area contributed by atoms with Crippen molar-refractivity contribution in [1.29, 1.82) is 0 Å². The smallest absolute Gasteiger partial charge is 0.00262 e. The highest BCUT2D eigenvalue weighted by Gasteiger charge is 2.18. The van der Waals surface area contributed by atoms with Crippen LogP contribution in [0.1, 0.15) is 5.56 Å². The number of fused-ring (bicyclic) bond motifs is 6. The van der Waals surface area contributed by atoms with Gasteiger partial charge < -0.3 is 0 Å². The fourth-order valence-electron chi connectivity index (χ4n) is 8.81. The van der Waals surface area contributed by atoms with E-state index >= 15 is 0 Å². The van der Waals surface area contributed by atoms with Crippen molar-refractivity contribution in [2.45, 2.75) is 0 Å². The largest absolute Gasteiger partial charge is 0.0990 e. The molecule has 0 aliphatic heterocycles. The van der Waals surface area contributed by atoms with E-state index in [9.17, 15) is 0 Å². The molecule has 10 rings (SSSR count). The zero-order valence-electron chi connectivity index (χ0n) is 31.0. The van der Waals surface area contributed by atoms with E-state index < -0.39 is 0 Å². The highest BCUT2D eigenvalue weighted by Crippen LogP contribution is 2.45. The maximum absolute atomic E-state index is 4.14. The highest BCUT2D eigenvalue weighted by molar-refractivity contribution is 6.22. The van der Waals surface area contributed by atoms with E-state index in [1.807, 2.05) is 18.2 Å². The Hall–Kier alpha value is -7.28. The predicted octanol–water partition coefficient (Wildman–Crippen LogP) is 15.9. The molecule has 0 N–H and O–H groups in total. The Morgan fingerprint density at radius 2 is 0.839 bits per heavy atom. The van der Waals surface area contributed by atoms with Gasteiger partial charge in [-0.05, 0) is 128 Å². The van der Waals surface area contributed by atoms with Crippen molar-refractivity contribution in [3.63, 3.8) is 0 Å². The van der Waals surface area contributed by atoms with Crippen LogP contribution in [0.2, 0.25) is 0 Å². The normalized spacial score (nSPS) is 11.8. The van der Waals surface area contributed by atoms with E-state index in [4.69, 9.17) is 0 Å². The molecule has 0 heterocycles. The molecular formula is C56H38. The van der Waals surface area contributed by atoms with Crippen LogP contribution in [-0.4, -0.2) is 0 Å². The molecule has 0 atom stereocenters. The van der Waals surface area contributed by atoms with Crippen molar-refractivity contribution in [1.82, 2.24) is 0 Å². The van der Waals surface area contributed by atoms with Gasteiger partial charge in [-0.25, -0.2) is 0 Å². The van der Waals surface area contributed by atoms with E-state index in [1.165, 1.54) is 98.4 Å². The summed E-state index contributed by atoms with van der Waals surface area (Å²) in [5.41, 5.74) is 12.0. The lowest BCUT2D eigenvalue weighted by atomic mass is 9.85. The van der Waals surface area contributed by atoms with E-state index in [2.05, 4.69) is 201 Å². The van der Waals surface area contributed by atoms with Gasteiger partial charge in [0.2, 0.25) is 0 Å². The third kappa shape index (κ3) is 5.54. The summed E-state index contributed by atoms with van der Waals surface area (Å²) >= 11 is 0. The lowest BCUT2D eigenvalue weighted by Crippen LogP contribution is -1.92. The Morgan fingerprint density at radius 1 is 0.339 bits per heavy atom. The van der Waals surface area contributed by atoms with Crippen LogP contribution in [0.4, 0.5) is 0 Å². The average Bonchev–Trinajstić information content (AvgIpc) is 3.27. The minimum absolute atomic E-state index is 1.06. The second kappa shape index (κ2) is 13.9. The van der Waals surface area contributed by atoms with Crippen LogP contribution in [0, 0.1) is 0 Å². The predicted molar refractivity (Wildman–Crippen MR) is 244 cm³/mol. The Morgan fingerprint density at radius 3 is 1.52 bits per heavy atom. The molecule has 0 radical (unpaired) electrons. The van der Waals surface area contributed by atoms with Crippen molar-refractivity contribution in [2.24, 2.45) is 0 Å². The van der Waals surface area contributed by atoms with E-state index in [0.29, 0.717) is 0 Å². The summed E-state index contributed by atoms with van der Waals surface area (Å²) in [4.78, 5) is 0. The molecule has 0 nitrogen and oxygen atoms in total. The van der Waals surface area contributed by atoms with Gasteiger partial charge in [0.25, 0.3) is 0 Å². The lowest BCUT2D eigenvalue weighted by Gasteiger charge is -2.19. The summed E-state index contributed by atoms with van der Waals surface area (Å²) in [5, 5.41) is 12.4. The molecule has 0 fully saturated rings. The first kappa shape index (κ1) is 33.3. The van der Waals surface area contributed by atoms with Crippen LogP contribution in [0.25, 0.3) is 104 Å². The molecule has 0 aliphatic rings. The molecule has 10 aromatic rings. The summed E-state index contributed by atoms with van der Waals surface area (Å²) in [6.45, 7) is 8.11. The zero-order valence-corrected chi connectivity index (χ0v) is 31.0. The number of allylic oxidation sites excluding steroid dienone is 4. The first-order valence-corrected chi connectivity index (χ1v) is 19.2. The first-order chi connectivity index (χ1) is 27.7. The van der Waals surface area contributed by atoms with Crippen LogP contribution in [0.15, 0.2) is 219 Å². The van der Waals surface area contributed by atoms with Crippen molar-refractivity contribution < 1.29 is 0 Å². The third-order valence-electron chi connectivity index (χ3n) is 11.4. The van der Waals surface area contributed by atoms with E-state index in [0.717, 1.165) is 11.1 Å². The summed E-state index contributed by atoms with van der Waals surface area (Å²) < 4.78 is 0. The number of benzene rings is 10. The topological polar surface area (TPSA) is 0 Å². The van der Waals surface area contributed by atoms with E-state index in [-0.39, 0.29) is 0 Å². The second-order valence-electron chi connectivity index (χ2n) is 14.5. The average molecular weight is 711 g/mol. The molecule has 0 unspecified atom stereocenters. The van der Waals surface area contributed by atoms with Gasteiger partial charge in [0.15, 0.2) is 0 Å². The summed E-state index contributed by atoms with van der Waals surface area (Å²) in [6, 6.07) is 69.0. The Balaban J connectivity index is 1.12. The monoisotopic (exact) mass is 710 g/mol. The Bertz CT molecular complexity index is 3150. The summed E-state index contributed by atoms with van der Waals surface area (Å²) in [5.74, 6) is 0. The van der Waals surface area contributed by atoms with Crippen molar-refractivity contribution in [3.8, 4) is 44.5 Å². The van der Waals surface area contributed by atoms with Gasteiger partial charge >= 0.3 is 0 Å². The first-order valence-electron chi connectivity index (χ1n) is 19.2. The zero-order chi connectivity index (χ0) is 37.6. The molecule has 0 spiro atoms. The van der Waals surface area contributed by atoms with Crippen LogP contribution >= 0.6 is 0 Å². The Kier molecular flexibility index (Phi) is 8.24. The molecular weight excluding hydrogens is 673 g/mol. The van der Waals surface area contributed by atoms with Gasteiger partial charge in [-0.15, -0.1) is 0 Å². The molecule has 0 aromatic heterocycles. The van der Waals surface area contributed by atoms with Crippen molar-refractivity contribution >= 4 is 59.4 Å². The maximum atomic E-state index is 4.14. The quantitative estimate of drug-likeness (QED) is 0.0877. The molecule has 0 aliphatic carbocycles. The van der Waals surface area contributed by atoms with E-state index in [1.54, 1.807) is 0 Å². The number of rotatable bonds is 7. The number of hydrogen-bond donors (Lipinski definition) is 0.